The molecular formula is C3H3N2O. The molecule has 1 heterocycles. The molecule has 0 aliphatic heterocycles. The van der Waals surface area contributed by atoms with Gasteiger partial charge in [-0.05, 0) is 0 Å². The van der Waals surface area contributed by atoms with Gasteiger partial charge in [-0.3, -0.25) is 5.11 Å². The minimum Gasteiger partial charge on any atom is -0.348 e. The summed E-state index contributed by atoms with van der Waals surface area (Å²) in [6, 6.07) is 0. The lowest BCUT2D eigenvalue weighted by Gasteiger charge is -1.58. The summed E-state index contributed by atoms with van der Waals surface area (Å²) < 4.78 is 0. The molecule has 3 nitrogen and oxygen atoms in total. The molecule has 1 rings (SSSR count). The van der Waals surface area contributed by atoms with Crippen molar-refractivity contribution in [1.82, 2.24) is 9.97 Å². The van der Waals surface area contributed by atoms with Gasteiger partial charge in [-0.2, -0.15) is 4.98 Å². The van der Waals surface area contributed by atoms with Gasteiger partial charge in [0.2, 0.25) is 0 Å². The highest BCUT2D eigenvalue weighted by Crippen LogP contribution is 1.95. The number of aromatic amines is 1. The Morgan fingerprint density at radius 3 is 2.83 bits per heavy atom. The quantitative estimate of drug-likeness (QED) is 0.489. The number of rotatable bonds is 0. The molecule has 0 bridgehead atoms. The van der Waals surface area contributed by atoms with Crippen LogP contribution >= 0.6 is 0 Å². The van der Waals surface area contributed by atoms with Crippen LogP contribution in [0.5, 0.6) is 5.88 Å². The molecule has 0 aliphatic carbocycles. The predicted octanol–water partition coefficient (Wildman–Crippen LogP) is 0.553. The van der Waals surface area contributed by atoms with Crippen LogP contribution in [0, 0.1) is 0 Å². The molecule has 0 aromatic carbocycles. The zero-order valence-corrected chi connectivity index (χ0v) is 3.01. The Morgan fingerprint density at radius 2 is 2.67 bits per heavy atom. The molecule has 3 heteroatoms. The number of nitrogens with one attached hydrogen (secondary N) is 1. The van der Waals surface area contributed by atoms with Gasteiger partial charge >= 0.3 is 0 Å². The van der Waals surface area contributed by atoms with Gasteiger partial charge in [0.05, 0.1) is 12.5 Å². The molecule has 0 saturated heterocycles. The number of hydrogen-bond donors (Lipinski definition) is 1. The molecule has 0 saturated carbocycles. The Morgan fingerprint density at radius 1 is 1.83 bits per heavy atom. The van der Waals surface area contributed by atoms with Crippen molar-refractivity contribution in [3.63, 3.8) is 0 Å². The van der Waals surface area contributed by atoms with Crippen LogP contribution in [0.25, 0.3) is 0 Å². The van der Waals surface area contributed by atoms with Gasteiger partial charge in [0, 0.05) is 0 Å². The molecule has 0 aliphatic rings. The van der Waals surface area contributed by atoms with Crippen molar-refractivity contribution >= 4 is 0 Å². The largest absolute Gasteiger partial charge is 0.348 e. The summed E-state index contributed by atoms with van der Waals surface area (Å²) >= 11 is 0. The summed E-state index contributed by atoms with van der Waals surface area (Å²) in [7, 11) is 0. The number of H-pyrrole nitrogens is 1. The number of aromatic nitrogens is 2. The fourth-order valence-electron chi connectivity index (χ4n) is 0.247. The monoisotopic (exact) mass is 83.0 g/mol. The molecule has 0 atom stereocenters. The average Bonchev–Trinajstić information content (AvgIpc) is 1.86. The van der Waals surface area contributed by atoms with E-state index in [0.717, 1.165) is 0 Å². The first-order chi connectivity index (χ1) is 2.89. The van der Waals surface area contributed by atoms with Crippen molar-refractivity contribution in [2.24, 2.45) is 0 Å². The summed E-state index contributed by atoms with van der Waals surface area (Å²) in [5.74, 6) is -0.213. The third-order valence-electron chi connectivity index (χ3n) is 0.473. The second kappa shape index (κ2) is 1.01. The van der Waals surface area contributed by atoms with Gasteiger partial charge < -0.3 is 4.98 Å². The Labute approximate surface area is 34.7 Å². The van der Waals surface area contributed by atoms with Gasteiger partial charge in [-0.15, -0.1) is 0 Å². The number of imidazole rings is 1. The lowest BCUT2D eigenvalue weighted by molar-refractivity contribution is 0.339. The Bertz CT molecular complexity index is 112. The zero-order chi connectivity index (χ0) is 4.41. The molecule has 1 N–H and O–H groups in total. The summed E-state index contributed by atoms with van der Waals surface area (Å²) in [6.45, 7) is 0. The van der Waals surface area contributed by atoms with Crippen molar-refractivity contribution in [3.8, 4) is 5.88 Å². The van der Waals surface area contributed by atoms with Crippen LogP contribution in [-0.2, 0) is 5.11 Å². The van der Waals surface area contributed by atoms with Crippen LogP contribution in [0.3, 0.4) is 0 Å². The summed E-state index contributed by atoms with van der Waals surface area (Å²) in [6.07, 6.45) is 2.64. The summed E-state index contributed by atoms with van der Waals surface area (Å²) in [4.78, 5) is 5.81. The van der Waals surface area contributed by atoms with Crippen LogP contribution < -0.4 is 0 Å². The predicted molar refractivity (Wildman–Crippen MR) is 18.7 cm³/mol. The smallest absolute Gasteiger partial charge is 0.287 e. The van der Waals surface area contributed by atoms with Crippen LogP contribution in [0.2, 0.25) is 0 Å². The standard InChI is InChI=1S/C3H3N2O/c6-3-1-4-2-5-3/h1-2H,(H,4,5). The third kappa shape index (κ3) is 0.337. The minimum atomic E-state index is -0.213. The maximum Gasteiger partial charge on any atom is 0.287 e. The van der Waals surface area contributed by atoms with E-state index >= 15 is 0 Å². The second-order valence-electron chi connectivity index (χ2n) is 0.907. The first kappa shape index (κ1) is 3.21. The fourth-order valence-corrected chi connectivity index (χ4v) is 0.247. The van der Waals surface area contributed by atoms with Gasteiger partial charge in [0.1, 0.15) is 0 Å². The molecule has 1 aromatic rings. The average molecular weight is 83.1 g/mol. The first-order valence-corrected chi connectivity index (χ1v) is 1.55. The Balaban J connectivity index is 3.05. The van der Waals surface area contributed by atoms with Crippen LogP contribution in [-0.4, -0.2) is 9.97 Å². The number of nitrogens with zero attached hydrogens (tertiary/aromatic N) is 1. The van der Waals surface area contributed by atoms with Crippen molar-refractivity contribution in [3.05, 3.63) is 12.5 Å². The Hall–Kier alpha value is -0.990. The summed E-state index contributed by atoms with van der Waals surface area (Å²) in [5.41, 5.74) is 0. The number of hydrogen-bond acceptors (Lipinski definition) is 1. The molecule has 6 heavy (non-hydrogen) atoms. The minimum absolute atomic E-state index is 0.213. The van der Waals surface area contributed by atoms with Crippen molar-refractivity contribution in [2.45, 2.75) is 0 Å². The van der Waals surface area contributed by atoms with Crippen LogP contribution in [0.4, 0.5) is 0 Å². The van der Waals surface area contributed by atoms with E-state index in [1.807, 2.05) is 0 Å². The van der Waals surface area contributed by atoms with E-state index in [-0.39, 0.29) is 5.88 Å². The van der Waals surface area contributed by atoms with E-state index in [1.165, 1.54) is 12.5 Å². The van der Waals surface area contributed by atoms with E-state index < -0.39 is 0 Å². The molecule has 0 unspecified atom stereocenters. The molecular weight excluding hydrogens is 80.0 g/mol. The molecule has 31 valence electrons. The molecule has 1 aromatic heterocycles. The van der Waals surface area contributed by atoms with Crippen molar-refractivity contribution in [2.75, 3.05) is 0 Å². The lowest BCUT2D eigenvalue weighted by atomic mass is 10.9. The topological polar surface area (TPSA) is 48.6 Å². The first-order valence-electron chi connectivity index (χ1n) is 1.55. The van der Waals surface area contributed by atoms with Gasteiger partial charge in [-0.25, -0.2) is 0 Å². The van der Waals surface area contributed by atoms with E-state index in [4.69, 9.17) is 0 Å². The van der Waals surface area contributed by atoms with E-state index in [0.29, 0.717) is 0 Å². The highest BCUT2D eigenvalue weighted by Gasteiger charge is 1.82. The van der Waals surface area contributed by atoms with E-state index in [1.54, 1.807) is 0 Å². The van der Waals surface area contributed by atoms with Crippen LogP contribution in [0.1, 0.15) is 0 Å². The molecule has 0 fully saturated rings. The molecule has 0 spiro atoms. The third-order valence-corrected chi connectivity index (χ3v) is 0.473. The SMILES string of the molecule is [O]c1c[nH]cn1. The summed E-state index contributed by atoms with van der Waals surface area (Å²) in [5, 5.41) is 9.93. The van der Waals surface area contributed by atoms with Crippen molar-refractivity contribution in [1.29, 1.82) is 0 Å². The maximum absolute atomic E-state index is 9.93. The van der Waals surface area contributed by atoms with E-state index in [2.05, 4.69) is 9.97 Å². The second-order valence-corrected chi connectivity index (χ2v) is 0.907. The van der Waals surface area contributed by atoms with Gasteiger partial charge in [0.25, 0.3) is 5.88 Å². The maximum atomic E-state index is 9.93. The van der Waals surface area contributed by atoms with Crippen molar-refractivity contribution < 1.29 is 5.11 Å². The fraction of sp³-hybridized carbons (Fsp3) is 0. The van der Waals surface area contributed by atoms with Gasteiger partial charge in [0.15, 0.2) is 0 Å². The lowest BCUT2D eigenvalue weighted by Crippen LogP contribution is -1.48. The zero-order valence-electron chi connectivity index (χ0n) is 3.01. The normalized spacial score (nSPS) is 8.67. The highest BCUT2D eigenvalue weighted by atomic mass is 16.3. The molecule has 0 amide bonds. The van der Waals surface area contributed by atoms with Crippen LogP contribution in [0.15, 0.2) is 12.5 Å². The van der Waals surface area contributed by atoms with Gasteiger partial charge in [-0.1, -0.05) is 0 Å². The van der Waals surface area contributed by atoms with E-state index in [9.17, 15) is 5.11 Å². The molecule has 1 radical (unpaired) electrons. The highest BCUT2D eigenvalue weighted by molar-refractivity contribution is 4.96. The Kier molecular flexibility index (Phi) is 0.538.